The Balaban J connectivity index is 2.08. The van der Waals surface area contributed by atoms with Gasteiger partial charge < -0.3 is 14.5 Å². The van der Waals surface area contributed by atoms with Crippen molar-refractivity contribution in [3.8, 4) is 0 Å². The summed E-state index contributed by atoms with van der Waals surface area (Å²) in [6.07, 6.45) is 4.69. The maximum atomic E-state index is 11.4. The number of esters is 1. The number of carbonyl (C=O) groups excluding carboxylic acids is 2. The molecule has 1 heterocycles. The first-order chi connectivity index (χ1) is 7.74. The van der Waals surface area contributed by atoms with Crippen LogP contribution in [0.5, 0.6) is 0 Å². The van der Waals surface area contributed by atoms with Crippen molar-refractivity contribution in [1.82, 2.24) is 5.32 Å². The van der Waals surface area contributed by atoms with Crippen molar-refractivity contribution in [2.75, 3.05) is 13.7 Å². The Morgan fingerprint density at radius 3 is 2.88 bits per heavy atom. The average Bonchev–Trinajstić information content (AvgIpc) is 2.81. The highest BCUT2D eigenvalue weighted by Crippen LogP contribution is 2.00. The molecule has 0 saturated heterocycles. The topological polar surface area (TPSA) is 68.5 Å². The minimum Gasteiger partial charge on any atom is -0.472 e. The lowest BCUT2D eigenvalue weighted by atomic mass is 10.2. The van der Waals surface area contributed by atoms with Gasteiger partial charge in [-0.1, -0.05) is 0 Å². The van der Waals surface area contributed by atoms with Gasteiger partial charge in [0.15, 0.2) is 0 Å². The molecule has 0 aliphatic rings. The lowest BCUT2D eigenvalue weighted by molar-refractivity contribution is -0.140. The fourth-order valence-electron chi connectivity index (χ4n) is 1.19. The van der Waals surface area contributed by atoms with Crippen molar-refractivity contribution in [3.05, 3.63) is 24.2 Å². The van der Waals surface area contributed by atoms with Crippen molar-refractivity contribution in [2.24, 2.45) is 0 Å². The highest BCUT2D eigenvalue weighted by Gasteiger charge is 2.05. The monoisotopic (exact) mass is 225 g/mol. The van der Waals surface area contributed by atoms with Gasteiger partial charge >= 0.3 is 5.97 Å². The van der Waals surface area contributed by atoms with Crippen LogP contribution in [-0.2, 0) is 9.53 Å². The van der Waals surface area contributed by atoms with E-state index in [9.17, 15) is 9.59 Å². The van der Waals surface area contributed by atoms with E-state index in [0.29, 0.717) is 24.9 Å². The fourth-order valence-corrected chi connectivity index (χ4v) is 1.19. The molecule has 0 spiro atoms. The maximum Gasteiger partial charge on any atom is 0.305 e. The second-order valence-corrected chi connectivity index (χ2v) is 3.30. The van der Waals surface area contributed by atoms with E-state index in [4.69, 9.17) is 4.42 Å². The van der Waals surface area contributed by atoms with Crippen LogP contribution >= 0.6 is 0 Å². The molecule has 1 aromatic rings. The summed E-state index contributed by atoms with van der Waals surface area (Å²) in [5.74, 6) is -0.382. The zero-order valence-electron chi connectivity index (χ0n) is 9.19. The molecule has 0 unspecified atom stereocenters. The maximum absolute atomic E-state index is 11.4. The van der Waals surface area contributed by atoms with Crippen LogP contribution in [0.1, 0.15) is 29.6 Å². The van der Waals surface area contributed by atoms with Gasteiger partial charge in [-0.25, -0.2) is 0 Å². The third kappa shape index (κ3) is 4.16. The van der Waals surface area contributed by atoms with Crippen LogP contribution in [0.25, 0.3) is 0 Å². The minimum absolute atomic E-state index is 0.160. The largest absolute Gasteiger partial charge is 0.472 e. The van der Waals surface area contributed by atoms with Crippen molar-refractivity contribution in [2.45, 2.75) is 19.3 Å². The van der Waals surface area contributed by atoms with E-state index in [0.717, 1.165) is 6.42 Å². The second kappa shape index (κ2) is 6.66. The molecule has 88 valence electrons. The number of methoxy groups -OCH3 is 1. The van der Waals surface area contributed by atoms with Crippen LogP contribution in [-0.4, -0.2) is 25.5 Å². The number of nitrogens with one attached hydrogen (secondary N) is 1. The standard InChI is InChI=1S/C11H15NO4/c1-15-10(13)4-2-3-6-12-11(14)9-5-7-16-8-9/h5,7-8H,2-4,6H2,1H3,(H,12,14). The van der Waals surface area contributed by atoms with Gasteiger partial charge in [-0.3, -0.25) is 9.59 Å². The van der Waals surface area contributed by atoms with Crippen LogP contribution in [0, 0.1) is 0 Å². The molecule has 1 amide bonds. The fraction of sp³-hybridized carbons (Fsp3) is 0.455. The summed E-state index contributed by atoms with van der Waals surface area (Å²) in [6, 6.07) is 1.60. The number of rotatable bonds is 6. The molecule has 5 nitrogen and oxygen atoms in total. The lowest BCUT2D eigenvalue weighted by Gasteiger charge is -2.02. The quantitative estimate of drug-likeness (QED) is 0.586. The molecule has 0 bridgehead atoms. The molecule has 16 heavy (non-hydrogen) atoms. The Morgan fingerprint density at radius 1 is 1.44 bits per heavy atom. The van der Waals surface area contributed by atoms with Gasteiger partial charge in [0.2, 0.25) is 0 Å². The first-order valence-corrected chi connectivity index (χ1v) is 5.11. The molecule has 1 aromatic heterocycles. The van der Waals surface area contributed by atoms with E-state index in [1.165, 1.54) is 19.6 Å². The molecular weight excluding hydrogens is 210 g/mol. The van der Waals surface area contributed by atoms with Crippen LogP contribution < -0.4 is 5.32 Å². The Bertz CT molecular complexity index is 332. The number of ether oxygens (including phenoxy) is 1. The molecular formula is C11H15NO4. The van der Waals surface area contributed by atoms with Crippen molar-refractivity contribution >= 4 is 11.9 Å². The van der Waals surface area contributed by atoms with E-state index in [1.807, 2.05) is 0 Å². The van der Waals surface area contributed by atoms with Gasteiger partial charge in [-0.2, -0.15) is 0 Å². The second-order valence-electron chi connectivity index (χ2n) is 3.30. The summed E-state index contributed by atoms with van der Waals surface area (Å²) in [7, 11) is 1.36. The van der Waals surface area contributed by atoms with Gasteiger partial charge in [0.25, 0.3) is 5.91 Å². The molecule has 0 saturated carbocycles. The zero-order valence-corrected chi connectivity index (χ0v) is 9.19. The number of hydrogen-bond acceptors (Lipinski definition) is 4. The zero-order chi connectivity index (χ0) is 11.8. The van der Waals surface area contributed by atoms with E-state index in [2.05, 4.69) is 10.1 Å². The third-order valence-corrected chi connectivity index (χ3v) is 2.10. The van der Waals surface area contributed by atoms with Gasteiger partial charge in [-0.05, 0) is 18.9 Å². The number of hydrogen-bond donors (Lipinski definition) is 1. The van der Waals surface area contributed by atoms with Gasteiger partial charge in [0.1, 0.15) is 6.26 Å². The number of unbranched alkanes of at least 4 members (excludes halogenated alkanes) is 1. The summed E-state index contributed by atoms with van der Waals surface area (Å²) < 4.78 is 9.29. The SMILES string of the molecule is COC(=O)CCCCNC(=O)c1ccoc1. The summed E-state index contributed by atoms with van der Waals surface area (Å²) in [6.45, 7) is 0.543. The number of furan rings is 1. The molecule has 1 rings (SSSR count). The average molecular weight is 225 g/mol. The van der Waals surface area contributed by atoms with Crippen LogP contribution in [0.3, 0.4) is 0 Å². The molecule has 0 aromatic carbocycles. The van der Waals surface area contributed by atoms with E-state index in [-0.39, 0.29) is 11.9 Å². The molecule has 0 radical (unpaired) electrons. The molecule has 5 heteroatoms. The predicted octanol–water partition coefficient (Wildman–Crippen LogP) is 1.35. The first-order valence-electron chi connectivity index (χ1n) is 5.11. The molecule has 0 aliphatic heterocycles. The first kappa shape index (κ1) is 12.3. The van der Waals surface area contributed by atoms with Crippen molar-refractivity contribution in [1.29, 1.82) is 0 Å². The lowest BCUT2D eigenvalue weighted by Crippen LogP contribution is -2.24. The van der Waals surface area contributed by atoms with Crippen LogP contribution in [0.2, 0.25) is 0 Å². The summed E-state index contributed by atoms with van der Waals surface area (Å²) >= 11 is 0. The van der Waals surface area contributed by atoms with Crippen molar-refractivity contribution in [3.63, 3.8) is 0 Å². The summed E-state index contributed by atoms with van der Waals surface area (Å²) in [4.78, 5) is 22.2. The smallest absolute Gasteiger partial charge is 0.305 e. The number of carbonyl (C=O) groups is 2. The molecule has 0 aliphatic carbocycles. The van der Waals surface area contributed by atoms with E-state index in [1.54, 1.807) is 6.07 Å². The molecule has 0 atom stereocenters. The molecule has 0 fully saturated rings. The summed E-state index contributed by atoms with van der Waals surface area (Å²) in [5, 5.41) is 2.73. The van der Waals surface area contributed by atoms with Gasteiger partial charge in [-0.15, -0.1) is 0 Å². The van der Waals surface area contributed by atoms with Gasteiger partial charge in [0, 0.05) is 13.0 Å². The Hall–Kier alpha value is -1.78. The highest BCUT2D eigenvalue weighted by atomic mass is 16.5. The predicted molar refractivity (Wildman–Crippen MR) is 56.9 cm³/mol. The Kier molecular flexibility index (Phi) is 5.11. The van der Waals surface area contributed by atoms with Gasteiger partial charge in [0.05, 0.1) is 18.9 Å². The Labute approximate surface area is 93.8 Å². The summed E-state index contributed by atoms with van der Waals surface area (Å²) in [5.41, 5.74) is 0.507. The van der Waals surface area contributed by atoms with Crippen molar-refractivity contribution < 1.29 is 18.7 Å². The Morgan fingerprint density at radius 2 is 2.25 bits per heavy atom. The highest BCUT2D eigenvalue weighted by molar-refractivity contribution is 5.93. The van der Waals surface area contributed by atoms with Crippen LogP contribution in [0.4, 0.5) is 0 Å². The van der Waals surface area contributed by atoms with E-state index >= 15 is 0 Å². The van der Waals surface area contributed by atoms with Crippen LogP contribution in [0.15, 0.2) is 23.0 Å². The van der Waals surface area contributed by atoms with E-state index < -0.39 is 0 Å². The third-order valence-electron chi connectivity index (χ3n) is 2.10. The number of amides is 1. The minimum atomic E-state index is -0.221. The molecule has 1 N–H and O–H groups in total. The normalized spacial score (nSPS) is 9.81.